The summed E-state index contributed by atoms with van der Waals surface area (Å²) in [5.41, 5.74) is 1.33. The summed E-state index contributed by atoms with van der Waals surface area (Å²) in [6, 6.07) is 13.3. The third kappa shape index (κ3) is 3.51. The van der Waals surface area contributed by atoms with E-state index in [0.29, 0.717) is 28.1 Å². The number of aryl methyl sites for hydroxylation is 1. The highest BCUT2D eigenvalue weighted by Gasteiger charge is 2.21. The summed E-state index contributed by atoms with van der Waals surface area (Å²) in [4.78, 5) is 4.25. The fraction of sp³-hybridized carbons (Fsp3) is 0.211. The maximum absolute atomic E-state index is 13.8. The SMILES string of the molecule is Cc1nc2c(F)cccc2cc1Oc1ccccc1CC(C)(O)F. The van der Waals surface area contributed by atoms with Gasteiger partial charge in [0, 0.05) is 17.4 Å². The number of fused-ring (bicyclic) bond motifs is 1. The van der Waals surface area contributed by atoms with Gasteiger partial charge in [-0.05, 0) is 32.0 Å². The minimum absolute atomic E-state index is 0.197. The van der Waals surface area contributed by atoms with E-state index in [1.807, 2.05) is 0 Å². The first-order valence-corrected chi connectivity index (χ1v) is 7.56. The van der Waals surface area contributed by atoms with E-state index in [-0.39, 0.29) is 11.9 Å². The third-order valence-corrected chi connectivity index (χ3v) is 3.65. The van der Waals surface area contributed by atoms with Gasteiger partial charge in [0.15, 0.2) is 0 Å². The second kappa shape index (κ2) is 6.17. The molecule has 0 radical (unpaired) electrons. The largest absolute Gasteiger partial charge is 0.455 e. The molecule has 3 nitrogen and oxygen atoms in total. The number of pyridine rings is 1. The van der Waals surface area contributed by atoms with Gasteiger partial charge in [0.05, 0.1) is 5.69 Å². The van der Waals surface area contributed by atoms with Crippen LogP contribution in [0.15, 0.2) is 48.5 Å². The number of aliphatic hydroxyl groups is 1. The standard InChI is InChI=1S/C19H17F2NO2/c1-12-17(10-13-7-5-8-15(20)18(13)22-12)24-16-9-4-3-6-14(16)11-19(2,21)23/h3-10,23H,11H2,1-2H3. The maximum Gasteiger partial charge on any atom is 0.208 e. The molecule has 3 rings (SSSR count). The van der Waals surface area contributed by atoms with Crippen LogP contribution in [0.2, 0.25) is 0 Å². The minimum atomic E-state index is -2.33. The Balaban J connectivity index is 2.00. The van der Waals surface area contributed by atoms with Crippen molar-refractivity contribution in [3.05, 3.63) is 65.6 Å². The molecule has 0 aliphatic heterocycles. The average molecular weight is 329 g/mol. The normalized spacial score (nSPS) is 13.7. The van der Waals surface area contributed by atoms with Crippen LogP contribution in [-0.2, 0) is 6.42 Å². The molecule has 0 aliphatic rings. The number of aromatic nitrogens is 1. The van der Waals surface area contributed by atoms with Crippen LogP contribution in [0.1, 0.15) is 18.2 Å². The number of ether oxygens (including phenoxy) is 1. The maximum atomic E-state index is 13.8. The molecular formula is C19H17F2NO2. The molecule has 0 fully saturated rings. The molecule has 24 heavy (non-hydrogen) atoms. The van der Waals surface area contributed by atoms with Crippen molar-refractivity contribution in [1.29, 1.82) is 0 Å². The lowest BCUT2D eigenvalue weighted by Crippen LogP contribution is -2.20. The van der Waals surface area contributed by atoms with Crippen LogP contribution >= 0.6 is 0 Å². The Hall–Kier alpha value is -2.53. The van der Waals surface area contributed by atoms with E-state index < -0.39 is 11.7 Å². The highest BCUT2D eigenvalue weighted by atomic mass is 19.2. The van der Waals surface area contributed by atoms with Crippen molar-refractivity contribution in [3.8, 4) is 11.5 Å². The Kier molecular flexibility index (Phi) is 4.20. The highest BCUT2D eigenvalue weighted by molar-refractivity contribution is 5.81. The van der Waals surface area contributed by atoms with Crippen LogP contribution in [0, 0.1) is 12.7 Å². The van der Waals surface area contributed by atoms with Crippen LogP contribution in [0.25, 0.3) is 10.9 Å². The van der Waals surface area contributed by atoms with E-state index in [1.165, 1.54) is 6.07 Å². The van der Waals surface area contributed by atoms with Gasteiger partial charge >= 0.3 is 0 Å². The van der Waals surface area contributed by atoms with Crippen molar-refractivity contribution in [2.24, 2.45) is 0 Å². The molecule has 0 aliphatic carbocycles. The summed E-state index contributed by atoms with van der Waals surface area (Å²) in [7, 11) is 0. The van der Waals surface area contributed by atoms with Crippen LogP contribution in [0.4, 0.5) is 8.78 Å². The third-order valence-electron chi connectivity index (χ3n) is 3.65. The van der Waals surface area contributed by atoms with Crippen LogP contribution in [0.5, 0.6) is 11.5 Å². The van der Waals surface area contributed by atoms with Crippen LogP contribution < -0.4 is 4.74 Å². The first-order valence-electron chi connectivity index (χ1n) is 7.56. The van der Waals surface area contributed by atoms with E-state index in [4.69, 9.17) is 4.74 Å². The summed E-state index contributed by atoms with van der Waals surface area (Å²) in [6.07, 6.45) is -0.197. The van der Waals surface area contributed by atoms with Gasteiger partial charge < -0.3 is 9.84 Å². The molecule has 1 unspecified atom stereocenters. The molecule has 1 N–H and O–H groups in total. The molecule has 5 heteroatoms. The van der Waals surface area contributed by atoms with Gasteiger partial charge in [-0.15, -0.1) is 0 Å². The molecule has 1 aromatic heterocycles. The van der Waals surface area contributed by atoms with Crippen LogP contribution in [0.3, 0.4) is 0 Å². The lowest BCUT2D eigenvalue weighted by molar-refractivity contribution is -0.0691. The van der Waals surface area contributed by atoms with E-state index in [0.717, 1.165) is 6.92 Å². The molecule has 0 saturated heterocycles. The number of rotatable bonds is 4. The molecular weight excluding hydrogens is 312 g/mol. The fourth-order valence-corrected chi connectivity index (χ4v) is 2.55. The number of hydrogen-bond acceptors (Lipinski definition) is 3. The Bertz CT molecular complexity index is 888. The van der Waals surface area contributed by atoms with Gasteiger partial charge in [0.25, 0.3) is 0 Å². The van der Waals surface area contributed by atoms with Gasteiger partial charge in [0.2, 0.25) is 5.85 Å². The smallest absolute Gasteiger partial charge is 0.208 e. The Labute approximate surface area is 138 Å². The monoisotopic (exact) mass is 329 g/mol. The quantitative estimate of drug-likeness (QED) is 0.755. The molecule has 1 heterocycles. The number of hydrogen-bond donors (Lipinski definition) is 1. The average Bonchev–Trinajstić information content (AvgIpc) is 2.50. The highest BCUT2D eigenvalue weighted by Crippen LogP contribution is 2.32. The zero-order chi connectivity index (χ0) is 17.3. The van der Waals surface area contributed by atoms with E-state index in [9.17, 15) is 13.9 Å². The second-order valence-corrected chi connectivity index (χ2v) is 5.91. The van der Waals surface area contributed by atoms with Crippen molar-refractivity contribution >= 4 is 10.9 Å². The predicted molar refractivity (Wildman–Crippen MR) is 88.4 cm³/mol. The van der Waals surface area contributed by atoms with E-state index in [2.05, 4.69) is 4.98 Å². The minimum Gasteiger partial charge on any atom is -0.455 e. The molecule has 3 aromatic rings. The number of halogens is 2. The number of nitrogens with zero attached hydrogens (tertiary/aromatic N) is 1. The van der Waals surface area contributed by atoms with Gasteiger partial charge in [-0.25, -0.2) is 13.8 Å². The van der Waals surface area contributed by atoms with E-state index in [1.54, 1.807) is 49.4 Å². The van der Waals surface area contributed by atoms with Gasteiger partial charge in [-0.3, -0.25) is 0 Å². The zero-order valence-corrected chi connectivity index (χ0v) is 13.4. The van der Waals surface area contributed by atoms with Crippen molar-refractivity contribution in [2.45, 2.75) is 26.1 Å². The van der Waals surface area contributed by atoms with Crippen LogP contribution in [-0.4, -0.2) is 15.9 Å². The Morgan fingerprint density at radius 2 is 1.88 bits per heavy atom. The first-order chi connectivity index (χ1) is 11.3. The van der Waals surface area contributed by atoms with Crippen molar-refractivity contribution in [2.75, 3.05) is 0 Å². The Morgan fingerprint density at radius 1 is 1.12 bits per heavy atom. The number of benzene rings is 2. The molecule has 1 atom stereocenters. The summed E-state index contributed by atoms with van der Waals surface area (Å²) in [5, 5.41) is 10.0. The Morgan fingerprint density at radius 3 is 2.62 bits per heavy atom. The van der Waals surface area contributed by atoms with Crippen molar-refractivity contribution < 1.29 is 18.6 Å². The molecule has 0 bridgehead atoms. The molecule has 0 amide bonds. The fourth-order valence-electron chi connectivity index (χ4n) is 2.55. The molecule has 0 saturated carbocycles. The van der Waals surface area contributed by atoms with Crippen molar-refractivity contribution in [3.63, 3.8) is 0 Å². The summed E-state index contributed by atoms with van der Waals surface area (Å²) < 4.78 is 33.2. The zero-order valence-electron chi connectivity index (χ0n) is 13.4. The number of para-hydroxylation sites is 2. The topological polar surface area (TPSA) is 42.4 Å². The first kappa shape index (κ1) is 16.3. The van der Waals surface area contributed by atoms with Gasteiger partial charge in [-0.1, -0.05) is 30.3 Å². The lowest BCUT2D eigenvalue weighted by atomic mass is 10.1. The van der Waals surface area contributed by atoms with Crippen molar-refractivity contribution in [1.82, 2.24) is 4.98 Å². The molecule has 0 spiro atoms. The molecule has 2 aromatic carbocycles. The predicted octanol–water partition coefficient (Wildman–Crippen LogP) is 4.70. The number of alkyl halides is 1. The lowest BCUT2D eigenvalue weighted by Gasteiger charge is -2.17. The van der Waals surface area contributed by atoms with Gasteiger partial charge in [0.1, 0.15) is 22.8 Å². The van der Waals surface area contributed by atoms with E-state index >= 15 is 0 Å². The second-order valence-electron chi connectivity index (χ2n) is 5.91. The summed E-state index contributed by atoms with van der Waals surface area (Å²) in [5.74, 6) is -1.84. The summed E-state index contributed by atoms with van der Waals surface area (Å²) in [6.45, 7) is 2.81. The molecule has 124 valence electrons. The summed E-state index contributed by atoms with van der Waals surface area (Å²) >= 11 is 0. The van der Waals surface area contributed by atoms with Gasteiger partial charge in [-0.2, -0.15) is 0 Å².